The van der Waals surface area contributed by atoms with E-state index in [2.05, 4.69) is 29.7 Å². The summed E-state index contributed by atoms with van der Waals surface area (Å²) in [7, 11) is 0. The lowest BCUT2D eigenvalue weighted by Gasteiger charge is -2.20. The fraction of sp³-hybridized carbons (Fsp3) is 0.0909. The van der Waals surface area contributed by atoms with Crippen LogP contribution in [0, 0.1) is 5.82 Å². The number of alkyl halides is 3. The number of nitrogens with one attached hydrogen (secondary N) is 2. The van der Waals surface area contributed by atoms with Crippen LogP contribution in [0.3, 0.4) is 0 Å². The maximum Gasteiger partial charge on any atom is 0.573 e. The predicted octanol–water partition coefficient (Wildman–Crippen LogP) is 3.98. The average molecular weight is 474 g/mol. The monoisotopic (exact) mass is 474 g/mol. The molecule has 0 aliphatic carbocycles. The molecule has 34 heavy (non-hydrogen) atoms. The molecule has 4 aromatic rings. The maximum absolute atomic E-state index is 14.5. The Balaban J connectivity index is 1.60. The number of carbonyl (C=O) groups is 1. The standard InChI is InChI=1S/C22H14F4N4O4/c23-16-2-1-11-27-18(16)17(12-7-9-15(10-8-12)33-22(24,25)26)28-20(31)14-5-3-13(4-6-14)19-29-21(32)34-30-19/h1-11,17H,(H,28,31)(H,29,30,32)/t17-/m0/s1. The fourth-order valence-electron chi connectivity index (χ4n) is 3.13. The van der Waals surface area contributed by atoms with Crippen molar-refractivity contribution in [2.75, 3.05) is 0 Å². The van der Waals surface area contributed by atoms with Crippen molar-refractivity contribution in [1.82, 2.24) is 20.4 Å². The Labute approximate surface area is 188 Å². The zero-order valence-electron chi connectivity index (χ0n) is 17.0. The molecule has 8 nitrogen and oxygen atoms in total. The highest BCUT2D eigenvalue weighted by Gasteiger charge is 2.31. The second kappa shape index (κ2) is 9.17. The number of H-pyrrole nitrogens is 1. The molecule has 0 saturated heterocycles. The highest BCUT2D eigenvalue weighted by atomic mass is 19.4. The molecular weight excluding hydrogens is 460 g/mol. The van der Waals surface area contributed by atoms with Gasteiger partial charge in [0.15, 0.2) is 5.82 Å². The minimum atomic E-state index is -4.87. The third kappa shape index (κ3) is 5.28. The Hall–Kier alpha value is -4.48. The number of amides is 1. The van der Waals surface area contributed by atoms with Crippen molar-refractivity contribution >= 4 is 5.91 Å². The van der Waals surface area contributed by atoms with Gasteiger partial charge >= 0.3 is 12.1 Å². The lowest BCUT2D eigenvalue weighted by molar-refractivity contribution is -0.274. The van der Waals surface area contributed by atoms with Crippen molar-refractivity contribution < 1.29 is 31.6 Å². The first-order chi connectivity index (χ1) is 16.2. The number of benzene rings is 2. The molecule has 2 aromatic carbocycles. The summed E-state index contributed by atoms with van der Waals surface area (Å²) in [4.78, 5) is 31.6. The van der Waals surface area contributed by atoms with E-state index in [0.717, 1.165) is 18.2 Å². The molecule has 0 spiro atoms. The van der Waals surface area contributed by atoms with Crippen LogP contribution in [0.5, 0.6) is 5.75 Å². The Morgan fingerprint density at radius 1 is 1.06 bits per heavy atom. The van der Waals surface area contributed by atoms with Crippen LogP contribution in [-0.2, 0) is 0 Å². The first-order valence-electron chi connectivity index (χ1n) is 9.62. The minimum Gasteiger partial charge on any atom is -0.406 e. The van der Waals surface area contributed by atoms with E-state index in [1.165, 1.54) is 48.7 Å². The van der Waals surface area contributed by atoms with Gasteiger partial charge in [-0.1, -0.05) is 24.3 Å². The van der Waals surface area contributed by atoms with Crippen molar-refractivity contribution in [2.45, 2.75) is 12.4 Å². The third-order valence-electron chi connectivity index (χ3n) is 4.64. The summed E-state index contributed by atoms with van der Waals surface area (Å²) in [5.74, 6) is -2.42. The number of aromatic nitrogens is 3. The quantitative estimate of drug-likeness (QED) is 0.409. The van der Waals surface area contributed by atoms with Gasteiger partial charge in [0.25, 0.3) is 5.91 Å². The smallest absolute Gasteiger partial charge is 0.406 e. The summed E-state index contributed by atoms with van der Waals surface area (Å²) in [6.45, 7) is 0. The van der Waals surface area contributed by atoms with Crippen LogP contribution in [0.25, 0.3) is 11.4 Å². The summed E-state index contributed by atoms with van der Waals surface area (Å²) in [6.07, 6.45) is -3.54. The fourth-order valence-corrected chi connectivity index (χ4v) is 3.13. The molecular formula is C22H14F4N4O4. The van der Waals surface area contributed by atoms with Crippen molar-refractivity contribution in [3.63, 3.8) is 0 Å². The van der Waals surface area contributed by atoms with Gasteiger partial charge in [0.05, 0.1) is 6.04 Å². The van der Waals surface area contributed by atoms with Crippen LogP contribution in [0.2, 0.25) is 0 Å². The van der Waals surface area contributed by atoms with Gasteiger partial charge in [-0.25, -0.2) is 9.18 Å². The van der Waals surface area contributed by atoms with Crippen LogP contribution in [0.1, 0.15) is 27.7 Å². The summed E-state index contributed by atoms with van der Waals surface area (Å²) in [5.41, 5.74) is 0.817. The summed E-state index contributed by atoms with van der Waals surface area (Å²) < 4.78 is 60.2. The molecule has 0 aliphatic heterocycles. The molecule has 12 heteroatoms. The second-order valence-electron chi connectivity index (χ2n) is 6.90. The second-order valence-corrected chi connectivity index (χ2v) is 6.90. The van der Waals surface area contributed by atoms with Crippen LogP contribution < -0.4 is 15.8 Å². The third-order valence-corrected chi connectivity index (χ3v) is 4.64. The number of carbonyl (C=O) groups excluding carboxylic acids is 1. The highest BCUT2D eigenvalue weighted by molar-refractivity contribution is 5.95. The molecule has 1 atom stereocenters. The van der Waals surface area contributed by atoms with Gasteiger partial charge in [0, 0.05) is 17.3 Å². The average Bonchev–Trinajstić information content (AvgIpc) is 3.24. The van der Waals surface area contributed by atoms with E-state index in [1.807, 2.05) is 0 Å². The van der Waals surface area contributed by atoms with Crippen LogP contribution in [0.15, 0.2) is 76.2 Å². The molecule has 0 fully saturated rings. The first kappa shape index (κ1) is 22.7. The van der Waals surface area contributed by atoms with Gasteiger partial charge in [0.2, 0.25) is 0 Å². The predicted molar refractivity (Wildman–Crippen MR) is 109 cm³/mol. The molecule has 0 saturated carbocycles. The molecule has 2 heterocycles. The van der Waals surface area contributed by atoms with Gasteiger partial charge in [-0.05, 0) is 42.0 Å². The zero-order chi connectivity index (χ0) is 24.3. The van der Waals surface area contributed by atoms with Crippen LogP contribution in [-0.4, -0.2) is 27.4 Å². The lowest BCUT2D eigenvalue weighted by Crippen LogP contribution is -2.30. The van der Waals surface area contributed by atoms with Gasteiger partial charge in [0.1, 0.15) is 17.3 Å². The molecule has 2 N–H and O–H groups in total. The van der Waals surface area contributed by atoms with Gasteiger partial charge < -0.3 is 14.6 Å². The summed E-state index contributed by atoms with van der Waals surface area (Å²) in [6, 6.07) is 12.0. The molecule has 1 amide bonds. The van der Waals surface area contributed by atoms with Gasteiger partial charge in [-0.2, -0.15) is 10.1 Å². The number of halogens is 4. The van der Waals surface area contributed by atoms with Gasteiger partial charge in [-0.3, -0.25) is 9.78 Å². The SMILES string of the molecule is O=C(N[C@@H](c1ccc(OC(F)(F)F)cc1)c1ncccc1F)c1ccc(-c2nc(=O)o[nH]2)cc1. The normalized spacial score (nSPS) is 12.2. The van der Waals surface area contributed by atoms with E-state index in [9.17, 15) is 27.2 Å². The Bertz CT molecular complexity index is 1350. The van der Waals surface area contributed by atoms with Crippen molar-refractivity contribution in [1.29, 1.82) is 0 Å². The van der Waals surface area contributed by atoms with E-state index in [4.69, 9.17) is 0 Å². The first-order valence-corrected chi connectivity index (χ1v) is 9.62. The van der Waals surface area contributed by atoms with E-state index in [-0.39, 0.29) is 22.6 Å². The molecule has 0 radical (unpaired) electrons. The van der Waals surface area contributed by atoms with Crippen molar-refractivity contribution in [2.24, 2.45) is 0 Å². The van der Waals surface area contributed by atoms with Crippen molar-refractivity contribution in [3.05, 3.63) is 100 Å². The lowest BCUT2D eigenvalue weighted by atomic mass is 10.0. The number of rotatable bonds is 6. The van der Waals surface area contributed by atoms with E-state index < -0.39 is 35.6 Å². The van der Waals surface area contributed by atoms with Crippen LogP contribution >= 0.6 is 0 Å². The largest absolute Gasteiger partial charge is 0.573 e. The van der Waals surface area contributed by atoms with E-state index in [0.29, 0.717) is 5.56 Å². The number of hydrogen-bond donors (Lipinski definition) is 2. The van der Waals surface area contributed by atoms with E-state index >= 15 is 0 Å². The Kier molecular flexibility index (Phi) is 6.13. The van der Waals surface area contributed by atoms with Crippen molar-refractivity contribution in [3.8, 4) is 17.1 Å². The molecule has 2 aromatic heterocycles. The number of nitrogens with zero attached hydrogens (tertiary/aromatic N) is 2. The summed E-state index contributed by atoms with van der Waals surface area (Å²) >= 11 is 0. The topological polar surface area (TPSA) is 110 Å². The maximum atomic E-state index is 14.5. The zero-order valence-corrected chi connectivity index (χ0v) is 17.0. The molecule has 0 bridgehead atoms. The molecule has 0 aliphatic rings. The summed E-state index contributed by atoms with van der Waals surface area (Å²) in [5, 5.41) is 4.98. The molecule has 4 rings (SSSR count). The molecule has 174 valence electrons. The Morgan fingerprint density at radius 3 is 2.35 bits per heavy atom. The molecule has 0 unspecified atom stereocenters. The van der Waals surface area contributed by atoms with E-state index in [1.54, 1.807) is 0 Å². The highest BCUT2D eigenvalue weighted by Crippen LogP contribution is 2.28. The number of ether oxygens (including phenoxy) is 1. The van der Waals surface area contributed by atoms with Crippen LogP contribution in [0.4, 0.5) is 17.6 Å². The minimum absolute atomic E-state index is 0.128. The number of hydrogen-bond acceptors (Lipinski definition) is 6. The number of pyridine rings is 1. The number of aromatic amines is 1. The Morgan fingerprint density at radius 2 is 1.76 bits per heavy atom. The van der Waals surface area contributed by atoms with Gasteiger partial charge in [-0.15, -0.1) is 13.2 Å².